The van der Waals surface area contributed by atoms with Gasteiger partial charge in [0.15, 0.2) is 62.9 Å². The molecule has 0 aromatic rings. The van der Waals surface area contributed by atoms with Crippen molar-refractivity contribution in [3.05, 3.63) is 0 Å². The second-order valence-electron chi connectivity index (χ2n) is 28.1. The Morgan fingerprint density at radius 1 is 0.164 bits per heavy atom. The Kier molecular flexibility index (Phi) is 30.6. The third-order valence-corrected chi connectivity index (χ3v) is 21.1. The van der Waals surface area contributed by atoms with Crippen LogP contribution in [0.2, 0.25) is 0 Å². The molecular weight excluding hydrogens is 1520 g/mol. The topological polar surface area (TPSA) is 792 Å². The van der Waals surface area contributed by atoms with Crippen LogP contribution in [0.1, 0.15) is 0 Å². The standard InChI is InChI=1S/C60H100O50/c61-1-11-21(70)22(71)32(81)52(92-11)102-43-13(3-63)94-53(34(83)24(43)73)103-42-12(2-62)93-51(33(82)23(42)72)91-10-20-50-31(80)41(90)60(101-20)109-49-19(9-69)99-58(39(88)29(49)78)107-47-17(7-67)97-56(37(86)27(47)76)105-45-15(5-65)95-54(35(84)25(45)74)104-44-14(4-64)96-55(36(85)26(44)75)106-46-16(6-66)98-57(38(87)28(46)77)108-48-18(8-68)100-59(110-50)40(89)30(48)79/h11-90H,1-10H2/t11-,12-,13-,14-,15-,16-,17-,18-,19-,20-,21+,22+,23-,24-,25-,26-,27-,28-,29-,30-,31-,32-,33-,34-,35-,36-,37+,38-,39+,40-,41-,42-,43+,44-,45-,46-,47-,48-,49-,50-,51-,52+,53+,54-,55-,56-,57-,58-,59-,60-/m1/s1. The predicted octanol–water partition coefficient (Wildman–Crippen LogP) is -21.8. The Morgan fingerprint density at radius 3 is 0.609 bits per heavy atom. The molecule has 24 rings (SSSR count). The summed E-state index contributed by atoms with van der Waals surface area (Å²) < 4.78 is 115. The van der Waals surface area contributed by atoms with E-state index in [1.807, 2.05) is 0 Å². The second-order valence-corrected chi connectivity index (χ2v) is 28.1. The first-order valence-electron chi connectivity index (χ1n) is 35.2. The molecule has 24 fully saturated rings. The van der Waals surface area contributed by atoms with Gasteiger partial charge in [0.2, 0.25) is 0 Å². The molecule has 0 spiro atoms. The van der Waals surface area contributed by atoms with Gasteiger partial charge in [0.05, 0.1) is 66.1 Å². The lowest BCUT2D eigenvalue weighted by Crippen LogP contribution is -2.68. The fourth-order valence-electron chi connectivity index (χ4n) is 14.8. The first-order chi connectivity index (χ1) is 52.3. The highest BCUT2D eigenvalue weighted by molar-refractivity contribution is 5.04. The molecule has 50 nitrogen and oxygen atoms in total. The van der Waals surface area contributed by atoms with E-state index in [2.05, 4.69) is 0 Å². The fourth-order valence-corrected chi connectivity index (χ4v) is 14.8. The first kappa shape index (κ1) is 88.8. The molecule has 0 radical (unpaired) electrons. The van der Waals surface area contributed by atoms with Crippen LogP contribution in [0, 0.1) is 0 Å². The summed E-state index contributed by atoms with van der Waals surface area (Å²) in [5.41, 5.74) is 0. The van der Waals surface area contributed by atoms with E-state index in [0.717, 1.165) is 0 Å². The summed E-state index contributed by atoms with van der Waals surface area (Å²) >= 11 is 0. The molecule has 30 N–H and O–H groups in total. The minimum absolute atomic E-state index is 0.897. The van der Waals surface area contributed by atoms with Crippen molar-refractivity contribution in [2.24, 2.45) is 0 Å². The van der Waals surface area contributed by atoms with Crippen molar-refractivity contribution in [2.45, 2.75) is 307 Å². The second kappa shape index (κ2) is 37.9. The van der Waals surface area contributed by atoms with Gasteiger partial charge in [0.25, 0.3) is 0 Å². The maximum absolute atomic E-state index is 12.1. The van der Waals surface area contributed by atoms with Crippen LogP contribution in [0.3, 0.4) is 0 Å². The minimum Gasteiger partial charge on any atom is -0.394 e. The maximum atomic E-state index is 12.1. The third kappa shape index (κ3) is 17.7. The summed E-state index contributed by atoms with van der Waals surface area (Å²) in [6.45, 7) is -11.2. The normalized spacial score (nSPS) is 55.0. The summed E-state index contributed by atoms with van der Waals surface area (Å²) in [6, 6.07) is 0. The SMILES string of the molecule is OC[C@H]1O[C@@H](O[C@@H]2[C@H](O)[C@@H](O)[C@H](O[C@H]3[C@H](O)[C@@H](O)[C@H](OC[C@H]4O[C@@H]5O[C@H]6[C@H](O)[C@H](O)[C@@H](O[C@H]7[C@H](O)[C@H](O)[C@@H](O[C@H]8[C@H](O)[C@@H](O)[C@@H](O[C@H]9[C@H](O)[C@@H](O)[C@@H](O[C@H]%10[C@H](O)[C@@H](O)[C@@H](O[C@H]%11[C@H](O)[C@@H](O)[C@@H](O[C@H]4[C@H](O)[C@H]5O)O[C@@H]%11CO)O[C@@H]%10CO)O[C@@H]9CO)O[C@@H]8CO)O[C@@H]7CO)O[C@@H]6CO)O[C@@H]3CO)O[C@@H]2CO)[C@H](O)[C@@H](O)[C@H]1O. The van der Waals surface area contributed by atoms with E-state index in [9.17, 15) is 153 Å². The van der Waals surface area contributed by atoms with Crippen molar-refractivity contribution in [2.75, 3.05) is 66.1 Å². The van der Waals surface area contributed by atoms with E-state index < -0.39 is 373 Å². The summed E-state index contributed by atoms with van der Waals surface area (Å²) in [6.07, 6.45) is -106. The molecule has 110 heavy (non-hydrogen) atoms. The molecular formula is C60H100O50. The van der Waals surface area contributed by atoms with Crippen molar-refractivity contribution >= 4 is 0 Å². The van der Waals surface area contributed by atoms with Crippen LogP contribution in [0.4, 0.5) is 0 Å². The lowest BCUT2D eigenvalue weighted by atomic mass is 9.95. The number of aliphatic hydroxyl groups excluding tert-OH is 30. The van der Waals surface area contributed by atoms with Crippen LogP contribution in [0.25, 0.3) is 0 Å². The number of hydrogen-bond acceptors (Lipinski definition) is 50. The van der Waals surface area contributed by atoms with Crippen LogP contribution >= 0.6 is 0 Å². The van der Waals surface area contributed by atoms with Gasteiger partial charge in [-0.15, -0.1) is 0 Å². The lowest BCUT2D eigenvalue weighted by molar-refractivity contribution is -0.400. The molecule has 0 amide bonds. The zero-order chi connectivity index (χ0) is 80.1. The first-order valence-corrected chi connectivity index (χ1v) is 35.2. The molecule has 640 valence electrons. The van der Waals surface area contributed by atoms with Crippen molar-refractivity contribution in [1.82, 2.24) is 0 Å². The third-order valence-electron chi connectivity index (χ3n) is 21.1. The summed E-state index contributed by atoms with van der Waals surface area (Å²) in [5.74, 6) is 0. The monoisotopic (exact) mass is 1620 g/mol. The molecule has 0 unspecified atom stereocenters. The molecule has 14 bridgehead atoms. The van der Waals surface area contributed by atoms with Crippen molar-refractivity contribution in [1.29, 1.82) is 0 Å². The molecule has 0 aromatic carbocycles. The van der Waals surface area contributed by atoms with Gasteiger partial charge < -0.3 is 248 Å². The highest BCUT2D eigenvalue weighted by Crippen LogP contribution is 2.41. The van der Waals surface area contributed by atoms with E-state index in [1.165, 1.54) is 0 Å². The highest BCUT2D eigenvalue weighted by Gasteiger charge is 2.62. The number of hydrogen-bond donors (Lipinski definition) is 30. The molecule has 0 saturated carbocycles. The number of ether oxygens (including phenoxy) is 20. The van der Waals surface area contributed by atoms with Gasteiger partial charge in [-0.2, -0.15) is 0 Å². The van der Waals surface area contributed by atoms with E-state index in [1.54, 1.807) is 0 Å². The van der Waals surface area contributed by atoms with Crippen LogP contribution < -0.4 is 0 Å². The molecule has 50 atom stereocenters. The zero-order valence-corrected chi connectivity index (χ0v) is 57.5. The molecule has 24 saturated heterocycles. The molecule has 50 heteroatoms. The minimum atomic E-state index is -2.47. The van der Waals surface area contributed by atoms with Gasteiger partial charge in [-0.05, 0) is 0 Å². The van der Waals surface area contributed by atoms with E-state index in [-0.39, 0.29) is 0 Å². The molecule has 24 aliphatic heterocycles. The predicted molar refractivity (Wildman–Crippen MR) is 326 cm³/mol. The van der Waals surface area contributed by atoms with Gasteiger partial charge in [0, 0.05) is 0 Å². The molecule has 0 aromatic heterocycles. The zero-order valence-electron chi connectivity index (χ0n) is 57.5. The fraction of sp³-hybridized carbons (Fsp3) is 1.00. The van der Waals surface area contributed by atoms with E-state index >= 15 is 0 Å². The van der Waals surface area contributed by atoms with Crippen LogP contribution in [0.5, 0.6) is 0 Å². The Hall–Kier alpha value is -2.00. The Balaban J connectivity index is 0.852. The molecule has 0 aliphatic carbocycles. The average Bonchev–Trinajstić information content (AvgIpc) is 0.789. The van der Waals surface area contributed by atoms with Crippen LogP contribution in [-0.4, -0.2) is 526 Å². The van der Waals surface area contributed by atoms with Gasteiger partial charge in [-0.3, -0.25) is 0 Å². The van der Waals surface area contributed by atoms with Crippen LogP contribution in [0.15, 0.2) is 0 Å². The number of rotatable bonds is 16. The number of aliphatic hydroxyl groups is 30. The molecule has 24 aliphatic rings. The van der Waals surface area contributed by atoms with Crippen molar-refractivity contribution in [3.8, 4) is 0 Å². The largest absolute Gasteiger partial charge is 0.394 e. The maximum Gasteiger partial charge on any atom is 0.187 e. The highest BCUT2D eigenvalue weighted by atomic mass is 16.8. The quantitative estimate of drug-likeness (QED) is 0.0682. The Bertz CT molecular complexity index is 2780. The Labute approximate surface area is 619 Å². The van der Waals surface area contributed by atoms with Gasteiger partial charge in [-0.1, -0.05) is 0 Å². The van der Waals surface area contributed by atoms with E-state index in [0.29, 0.717) is 0 Å². The average molecular weight is 1620 g/mol. The Morgan fingerprint density at radius 2 is 0.364 bits per heavy atom. The van der Waals surface area contributed by atoms with Crippen LogP contribution in [-0.2, 0) is 94.7 Å². The van der Waals surface area contributed by atoms with Crippen molar-refractivity contribution in [3.63, 3.8) is 0 Å². The summed E-state index contributed by atoms with van der Waals surface area (Å²) in [5, 5.41) is 334. The van der Waals surface area contributed by atoms with Crippen molar-refractivity contribution < 1.29 is 248 Å². The van der Waals surface area contributed by atoms with E-state index in [4.69, 9.17) is 94.7 Å². The molecule has 24 heterocycles. The lowest BCUT2D eigenvalue weighted by Gasteiger charge is -2.50. The van der Waals surface area contributed by atoms with Gasteiger partial charge in [0.1, 0.15) is 244 Å². The smallest absolute Gasteiger partial charge is 0.187 e. The summed E-state index contributed by atoms with van der Waals surface area (Å²) in [4.78, 5) is 0. The van der Waals surface area contributed by atoms with Gasteiger partial charge in [-0.25, -0.2) is 0 Å². The van der Waals surface area contributed by atoms with Gasteiger partial charge >= 0.3 is 0 Å². The summed E-state index contributed by atoms with van der Waals surface area (Å²) in [7, 11) is 0.